The van der Waals surface area contributed by atoms with Crippen molar-refractivity contribution in [2.75, 3.05) is 5.75 Å². The van der Waals surface area contributed by atoms with Crippen LogP contribution < -0.4 is 5.43 Å². The highest BCUT2D eigenvalue weighted by Crippen LogP contribution is 2.21. The Kier molecular flexibility index (Phi) is 4.23. The summed E-state index contributed by atoms with van der Waals surface area (Å²) >= 11 is 1.08. The van der Waals surface area contributed by atoms with E-state index in [1.807, 2.05) is 6.92 Å². The predicted molar refractivity (Wildman–Crippen MR) is 74.8 cm³/mol. The van der Waals surface area contributed by atoms with Crippen molar-refractivity contribution in [2.45, 2.75) is 25.5 Å². The summed E-state index contributed by atoms with van der Waals surface area (Å²) in [6, 6.07) is 1.49. The molecule has 0 aliphatic rings. The first-order chi connectivity index (χ1) is 9.52. The molecule has 0 radical (unpaired) electrons. The van der Waals surface area contributed by atoms with Crippen molar-refractivity contribution in [3.8, 4) is 11.4 Å². The summed E-state index contributed by atoms with van der Waals surface area (Å²) in [5.74, 6) is -0.570. The molecule has 0 aromatic carbocycles. The van der Waals surface area contributed by atoms with Crippen LogP contribution in [0.1, 0.15) is 12.6 Å². The Morgan fingerprint density at radius 1 is 1.50 bits per heavy atom. The van der Waals surface area contributed by atoms with Gasteiger partial charge in [0.2, 0.25) is 0 Å². The number of carboxylic acid groups (broad SMARTS) is 1. The number of hydrogen-bond donors (Lipinski definition) is 2. The number of hydrogen-bond acceptors (Lipinski definition) is 5. The molecule has 106 valence electrons. The molecule has 0 atom stereocenters. The van der Waals surface area contributed by atoms with E-state index in [-0.39, 0.29) is 11.2 Å². The highest BCUT2D eigenvalue weighted by molar-refractivity contribution is 7.99. The number of aliphatic carboxylic acids is 1. The average Bonchev–Trinajstić information content (AvgIpc) is 2.79. The lowest BCUT2D eigenvalue weighted by Gasteiger charge is -2.06. The molecular formula is C12H14N4O3S. The lowest BCUT2D eigenvalue weighted by Crippen LogP contribution is -2.10. The number of H-pyrrole nitrogens is 1. The number of rotatable bonds is 5. The van der Waals surface area contributed by atoms with Crippen LogP contribution in [0.15, 0.2) is 22.2 Å². The number of carboxylic acids is 1. The van der Waals surface area contributed by atoms with E-state index in [2.05, 4.69) is 15.2 Å². The number of nitrogens with one attached hydrogen (secondary N) is 1. The van der Waals surface area contributed by atoms with Crippen molar-refractivity contribution in [2.24, 2.45) is 0 Å². The number of nitrogens with zero attached hydrogens (tertiary/aromatic N) is 3. The molecule has 2 aromatic rings. The van der Waals surface area contributed by atoms with Crippen molar-refractivity contribution < 1.29 is 9.90 Å². The summed E-state index contributed by atoms with van der Waals surface area (Å²) in [6.45, 7) is 4.24. The second-order valence-corrected chi connectivity index (χ2v) is 5.07. The van der Waals surface area contributed by atoms with Crippen LogP contribution in [0.5, 0.6) is 0 Å². The lowest BCUT2D eigenvalue weighted by molar-refractivity contribution is -0.133. The van der Waals surface area contributed by atoms with Crippen LogP contribution in [0.2, 0.25) is 0 Å². The second-order valence-electron chi connectivity index (χ2n) is 4.13. The Labute approximate surface area is 119 Å². The Bertz CT molecular complexity index is 692. The van der Waals surface area contributed by atoms with Crippen molar-refractivity contribution >= 4 is 17.7 Å². The zero-order chi connectivity index (χ0) is 14.7. The quantitative estimate of drug-likeness (QED) is 0.802. The van der Waals surface area contributed by atoms with Gasteiger partial charge in [-0.3, -0.25) is 9.59 Å². The number of thioether (sulfide) groups is 1. The molecule has 0 fully saturated rings. The Balaban J connectivity index is 2.42. The summed E-state index contributed by atoms with van der Waals surface area (Å²) in [6.07, 6.45) is 1.60. The van der Waals surface area contributed by atoms with Gasteiger partial charge in [-0.25, -0.2) is 0 Å². The summed E-state index contributed by atoms with van der Waals surface area (Å²) in [5.41, 5.74) is 1.05. The highest BCUT2D eigenvalue weighted by Gasteiger charge is 2.16. The van der Waals surface area contributed by atoms with Gasteiger partial charge < -0.3 is 14.7 Å². The third-order valence-electron chi connectivity index (χ3n) is 2.66. The normalized spacial score (nSPS) is 10.7. The number of aromatic nitrogens is 4. The molecular weight excluding hydrogens is 280 g/mol. The van der Waals surface area contributed by atoms with E-state index in [4.69, 9.17) is 5.11 Å². The number of carbonyl (C=O) groups is 1. The van der Waals surface area contributed by atoms with Crippen molar-refractivity contribution in [3.05, 3.63) is 28.2 Å². The fourth-order valence-corrected chi connectivity index (χ4v) is 2.48. The van der Waals surface area contributed by atoms with Gasteiger partial charge in [-0.2, -0.15) is 0 Å². The van der Waals surface area contributed by atoms with Gasteiger partial charge in [0.05, 0.1) is 11.3 Å². The van der Waals surface area contributed by atoms with Gasteiger partial charge in [-0.1, -0.05) is 11.8 Å². The number of aryl methyl sites for hydroxylation is 1. The van der Waals surface area contributed by atoms with Gasteiger partial charge in [0.15, 0.2) is 16.4 Å². The molecule has 20 heavy (non-hydrogen) atoms. The molecule has 0 aliphatic carbocycles. The van der Waals surface area contributed by atoms with Gasteiger partial charge in [-0.05, 0) is 13.8 Å². The predicted octanol–water partition coefficient (Wildman–Crippen LogP) is 1.14. The van der Waals surface area contributed by atoms with E-state index in [1.165, 1.54) is 6.07 Å². The van der Waals surface area contributed by atoms with Crippen molar-refractivity contribution in [1.29, 1.82) is 0 Å². The van der Waals surface area contributed by atoms with E-state index >= 15 is 0 Å². The van der Waals surface area contributed by atoms with Gasteiger partial charge in [0.25, 0.3) is 0 Å². The second kappa shape index (κ2) is 5.91. The van der Waals surface area contributed by atoms with Crippen LogP contribution in [-0.4, -0.2) is 36.6 Å². The van der Waals surface area contributed by atoms with Crippen LogP contribution >= 0.6 is 11.8 Å². The molecule has 2 N–H and O–H groups in total. The van der Waals surface area contributed by atoms with Gasteiger partial charge in [0.1, 0.15) is 0 Å². The van der Waals surface area contributed by atoms with Crippen LogP contribution in [0, 0.1) is 6.92 Å². The monoisotopic (exact) mass is 294 g/mol. The summed E-state index contributed by atoms with van der Waals surface area (Å²) in [7, 11) is 0. The smallest absolute Gasteiger partial charge is 0.313 e. The summed E-state index contributed by atoms with van der Waals surface area (Å²) in [5, 5.41) is 17.2. The first kappa shape index (κ1) is 14.3. The average molecular weight is 294 g/mol. The Morgan fingerprint density at radius 3 is 2.85 bits per heavy atom. The lowest BCUT2D eigenvalue weighted by atomic mass is 10.2. The summed E-state index contributed by atoms with van der Waals surface area (Å²) < 4.78 is 1.73. The third kappa shape index (κ3) is 2.90. The van der Waals surface area contributed by atoms with E-state index in [0.29, 0.717) is 23.1 Å². The SMILES string of the molecule is CCn1c(SCC(=O)O)nnc1-c1c[nH]c(C)cc1=O. The minimum Gasteiger partial charge on any atom is -0.481 e. The molecule has 2 aromatic heterocycles. The van der Waals surface area contributed by atoms with Crippen LogP contribution in [-0.2, 0) is 11.3 Å². The van der Waals surface area contributed by atoms with Gasteiger partial charge in [0, 0.05) is 24.5 Å². The Hall–Kier alpha value is -2.09. The zero-order valence-electron chi connectivity index (χ0n) is 11.1. The molecule has 2 heterocycles. The molecule has 0 amide bonds. The highest BCUT2D eigenvalue weighted by atomic mass is 32.2. The largest absolute Gasteiger partial charge is 0.481 e. The van der Waals surface area contributed by atoms with E-state index in [1.54, 1.807) is 17.7 Å². The fraction of sp³-hybridized carbons (Fsp3) is 0.333. The van der Waals surface area contributed by atoms with Gasteiger partial charge in [-0.15, -0.1) is 10.2 Å². The molecule has 0 unspecified atom stereocenters. The first-order valence-electron chi connectivity index (χ1n) is 6.00. The van der Waals surface area contributed by atoms with E-state index in [0.717, 1.165) is 17.5 Å². The third-order valence-corrected chi connectivity index (χ3v) is 3.61. The molecule has 0 bridgehead atoms. The standard InChI is InChI=1S/C12H14N4O3S/c1-3-16-11(8-5-13-7(2)4-9(8)17)14-15-12(16)20-6-10(18)19/h4-5H,3,6H2,1-2H3,(H,13,17)(H,18,19). The van der Waals surface area contributed by atoms with Crippen molar-refractivity contribution in [1.82, 2.24) is 19.7 Å². The molecule has 0 saturated carbocycles. The Morgan fingerprint density at radius 2 is 2.25 bits per heavy atom. The van der Waals surface area contributed by atoms with Crippen LogP contribution in [0.3, 0.4) is 0 Å². The molecule has 8 heteroatoms. The number of pyridine rings is 1. The molecule has 0 spiro atoms. The van der Waals surface area contributed by atoms with E-state index in [9.17, 15) is 9.59 Å². The van der Waals surface area contributed by atoms with Crippen LogP contribution in [0.25, 0.3) is 11.4 Å². The maximum atomic E-state index is 12.0. The first-order valence-corrected chi connectivity index (χ1v) is 6.99. The number of aromatic amines is 1. The molecule has 0 aliphatic heterocycles. The fourth-order valence-electron chi connectivity index (χ4n) is 1.75. The van der Waals surface area contributed by atoms with E-state index < -0.39 is 5.97 Å². The van der Waals surface area contributed by atoms with Crippen LogP contribution in [0.4, 0.5) is 0 Å². The molecule has 0 saturated heterocycles. The topological polar surface area (TPSA) is 101 Å². The summed E-state index contributed by atoms with van der Waals surface area (Å²) in [4.78, 5) is 25.6. The van der Waals surface area contributed by atoms with Gasteiger partial charge >= 0.3 is 5.97 Å². The van der Waals surface area contributed by atoms with Crippen molar-refractivity contribution in [3.63, 3.8) is 0 Å². The molecule has 2 rings (SSSR count). The maximum absolute atomic E-state index is 12.0. The molecule has 7 nitrogen and oxygen atoms in total. The minimum atomic E-state index is -0.921. The zero-order valence-corrected chi connectivity index (χ0v) is 11.9. The minimum absolute atomic E-state index is 0.0949. The maximum Gasteiger partial charge on any atom is 0.313 e.